The first kappa shape index (κ1) is 19.4. The third-order valence-electron chi connectivity index (χ3n) is 4.12. The number of nitrogens with one attached hydrogen (secondary N) is 1. The molecule has 0 unspecified atom stereocenters. The number of aryl methyl sites for hydroxylation is 1. The van der Waals surface area contributed by atoms with Crippen LogP contribution in [0.4, 0.5) is 5.69 Å². The van der Waals surface area contributed by atoms with E-state index in [4.69, 9.17) is 15.2 Å². The van der Waals surface area contributed by atoms with Crippen LogP contribution in [0.1, 0.15) is 15.2 Å². The molecule has 28 heavy (non-hydrogen) atoms. The van der Waals surface area contributed by atoms with E-state index in [1.54, 1.807) is 25.1 Å². The van der Waals surface area contributed by atoms with Gasteiger partial charge in [0.25, 0.3) is 11.5 Å². The molecule has 0 spiro atoms. The first-order valence-electron chi connectivity index (χ1n) is 8.16. The Bertz CT molecular complexity index is 1130. The Hall–Kier alpha value is -3.40. The number of rotatable bonds is 6. The number of hydrogen-bond acceptors (Lipinski definition) is 7. The number of carbonyl (C=O) groups excluding carboxylic acids is 2. The standard InChI is InChI=1S/C18H18N4O5S/c1-9-14-17(28-15(9)16(19)24)20-8-22(18(14)25)7-13(23)21-10-4-5-11(26-2)12(6-10)27-3/h4-6,8H,7H2,1-3H3,(H2,19,24)(H,21,23). The SMILES string of the molecule is COc1ccc(NC(=O)Cn2cnc3sc(C(N)=O)c(C)c3c2=O)cc1OC. The molecule has 0 aliphatic rings. The molecule has 9 nitrogen and oxygen atoms in total. The number of amides is 2. The van der Waals surface area contributed by atoms with Crippen LogP contribution >= 0.6 is 11.3 Å². The molecule has 0 radical (unpaired) electrons. The summed E-state index contributed by atoms with van der Waals surface area (Å²) in [4.78, 5) is 41.4. The van der Waals surface area contributed by atoms with E-state index in [1.807, 2.05) is 0 Å². The molecular formula is C18H18N4O5S. The van der Waals surface area contributed by atoms with Crippen LogP contribution in [0, 0.1) is 6.92 Å². The van der Waals surface area contributed by atoms with E-state index in [-0.39, 0.29) is 11.4 Å². The van der Waals surface area contributed by atoms with Crippen molar-refractivity contribution in [2.75, 3.05) is 19.5 Å². The number of anilines is 1. The molecule has 146 valence electrons. The number of nitrogens with two attached hydrogens (primary N) is 1. The zero-order valence-electron chi connectivity index (χ0n) is 15.4. The number of hydrogen-bond donors (Lipinski definition) is 2. The second-order valence-corrected chi connectivity index (χ2v) is 6.90. The molecule has 0 aliphatic heterocycles. The van der Waals surface area contributed by atoms with E-state index in [2.05, 4.69) is 10.3 Å². The fourth-order valence-corrected chi connectivity index (χ4v) is 3.77. The summed E-state index contributed by atoms with van der Waals surface area (Å²) in [7, 11) is 3.01. The van der Waals surface area contributed by atoms with Crippen molar-refractivity contribution in [3.63, 3.8) is 0 Å². The molecule has 2 amide bonds. The van der Waals surface area contributed by atoms with Crippen molar-refractivity contribution in [2.45, 2.75) is 13.5 Å². The second kappa shape index (κ2) is 7.69. The fourth-order valence-electron chi connectivity index (χ4n) is 2.78. The average Bonchev–Trinajstić information content (AvgIpc) is 3.01. The lowest BCUT2D eigenvalue weighted by Crippen LogP contribution is -2.28. The largest absolute Gasteiger partial charge is 0.493 e. The molecule has 0 saturated carbocycles. The number of nitrogens with zero attached hydrogens (tertiary/aromatic N) is 2. The summed E-state index contributed by atoms with van der Waals surface area (Å²) >= 11 is 1.06. The number of aromatic nitrogens is 2. The van der Waals surface area contributed by atoms with Crippen molar-refractivity contribution < 1.29 is 19.1 Å². The highest BCUT2D eigenvalue weighted by Gasteiger charge is 2.18. The molecule has 0 saturated heterocycles. The van der Waals surface area contributed by atoms with Crippen LogP contribution in [0.25, 0.3) is 10.2 Å². The van der Waals surface area contributed by atoms with Gasteiger partial charge in [-0.2, -0.15) is 0 Å². The quantitative estimate of drug-likeness (QED) is 0.644. The van der Waals surface area contributed by atoms with Gasteiger partial charge in [0.05, 0.1) is 30.8 Å². The molecule has 0 fully saturated rings. The van der Waals surface area contributed by atoms with E-state index in [9.17, 15) is 14.4 Å². The topological polar surface area (TPSA) is 126 Å². The van der Waals surface area contributed by atoms with Gasteiger partial charge in [-0.3, -0.25) is 19.0 Å². The van der Waals surface area contributed by atoms with Gasteiger partial charge in [0, 0.05) is 11.8 Å². The zero-order chi connectivity index (χ0) is 20.4. The number of benzene rings is 1. The van der Waals surface area contributed by atoms with Gasteiger partial charge in [0.1, 0.15) is 11.4 Å². The average molecular weight is 402 g/mol. The smallest absolute Gasteiger partial charge is 0.262 e. The van der Waals surface area contributed by atoms with Crippen molar-refractivity contribution in [2.24, 2.45) is 5.73 Å². The van der Waals surface area contributed by atoms with Crippen LogP contribution in [0.15, 0.2) is 29.3 Å². The summed E-state index contributed by atoms with van der Waals surface area (Å²) in [6, 6.07) is 4.93. The van der Waals surface area contributed by atoms with Gasteiger partial charge in [-0.1, -0.05) is 0 Å². The van der Waals surface area contributed by atoms with Crippen molar-refractivity contribution in [1.29, 1.82) is 0 Å². The van der Waals surface area contributed by atoms with E-state index in [0.29, 0.717) is 33.0 Å². The Morgan fingerprint density at radius 1 is 1.25 bits per heavy atom. The van der Waals surface area contributed by atoms with Crippen LogP contribution < -0.4 is 26.1 Å². The number of fused-ring (bicyclic) bond motifs is 1. The zero-order valence-corrected chi connectivity index (χ0v) is 16.3. The Morgan fingerprint density at radius 3 is 2.61 bits per heavy atom. The molecule has 0 bridgehead atoms. The molecular weight excluding hydrogens is 384 g/mol. The fraction of sp³-hybridized carbons (Fsp3) is 0.222. The van der Waals surface area contributed by atoms with Gasteiger partial charge in [-0.05, 0) is 24.6 Å². The van der Waals surface area contributed by atoms with Gasteiger partial charge >= 0.3 is 0 Å². The Kier molecular flexibility index (Phi) is 5.32. The summed E-state index contributed by atoms with van der Waals surface area (Å²) in [5.74, 6) is -0.0332. The Balaban J connectivity index is 1.85. The maximum atomic E-state index is 12.7. The van der Waals surface area contributed by atoms with Crippen LogP contribution in [-0.2, 0) is 11.3 Å². The molecule has 2 aromatic heterocycles. The van der Waals surface area contributed by atoms with Crippen molar-refractivity contribution in [1.82, 2.24) is 9.55 Å². The maximum absolute atomic E-state index is 12.7. The summed E-state index contributed by atoms with van der Waals surface area (Å²) < 4.78 is 11.5. The van der Waals surface area contributed by atoms with Gasteiger partial charge in [-0.15, -0.1) is 11.3 Å². The molecule has 3 aromatic rings. The minimum Gasteiger partial charge on any atom is -0.493 e. The molecule has 0 atom stereocenters. The number of ether oxygens (including phenoxy) is 2. The van der Waals surface area contributed by atoms with E-state index in [1.165, 1.54) is 25.1 Å². The van der Waals surface area contributed by atoms with Crippen LogP contribution in [0.2, 0.25) is 0 Å². The Labute approximate surface area is 163 Å². The number of primary amides is 1. The molecule has 2 heterocycles. The second-order valence-electron chi connectivity index (χ2n) is 5.90. The Morgan fingerprint density at radius 2 is 1.96 bits per heavy atom. The molecule has 3 rings (SSSR count). The van der Waals surface area contributed by atoms with Crippen LogP contribution in [-0.4, -0.2) is 35.6 Å². The highest BCUT2D eigenvalue weighted by Crippen LogP contribution is 2.30. The lowest BCUT2D eigenvalue weighted by Gasteiger charge is -2.11. The summed E-state index contributed by atoms with van der Waals surface area (Å²) in [6.45, 7) is 1.40. The highest BCUT2D eigenvalue weighted by molar-refractivity contribution is 7.20. The normalized spacial score (nSPS) is 10.7. The predicted octanol–water partition coefficient (Wildman–Crippen LogP) is 1.52. The van der Waals surface area contributed by atoms with E-state index < -0.39 is 17.4 Å². The first-order chi connectivity index (χ1) is 13.3. The monoisotopic (exact) mass is 402 g/mol. The van der Waals surface area contributed by atoms with E-state index in [0.717, 1.165) is 11.3 Å². The maximum Gasteiger partial charge on any atom is 0.262 e. The van der Waals surface area contributed by atoms with Crippen molar-refractivity contribution in [3.8, 4) is 11.5 Å². The highest BCUT2D eigenvalue weighted by atomic mass is 32.1. The van der Waals surface area contributed by atoms with Crippen LogP contribution in [0.5, 0.6) is 11.5 Å². The molecule has 0 aliphatic carbocycles. The van der Waals surface area contributed by atoms with E-state index >= 15 is 0 Å². The summed E-state index contributed by atoms with van der Waals surface area (Å²) in [5, 5.41) is 2.99. The van der Waals surface area contributed by atoms with Gasteiger partial charge in [0.2, 0.25) is 5.91 Å². The third-order valence-corrected chi connectivity index (χ3v) is 5.34. The number of thiophene rings is 1. The van der Waals surface area contributed by atoms with Gasteiger partial charge in [-0.25, -0.2) is 4.98 Å². The lowest BCUT2D eigenvalue weighted by molar-refractivity contribution is -0.116. The molecule has 3 N–H and O–H groups in total. The van der Waals surface area contributed by atoms with Gasteiger partial charge < -0.3 is 20.5 Å². The molecule has 1 aromatic carbocycles. The number of carbonyl (C=O) groups is 2. The number of methoxy groups -OCH3 is 2. The lowest BCUT2D eigenvalue weighted by atomic mass is 10.2. The summed E-state index contributed by atoms with van der Waals surface area (Å²) in [5.41, 5.74) is 5.89. The van der Waals surface area contributed by atoms with Crippen molar-refractivity contribution >= 4 is 39.1 Å². The third kappa shape index (κ3) is 3.54. The minimum absolute atomic E-state index is 0.239. The van der Waals surface area contributed by atoms with Crippen LogP contribution in [0.3, 0.4) is 0 Å². The van der Waals surface area contributed by atoms with Gasteiger partial charge in [0.15, 0.2) is 11.5 Å². The molecule has 10 heteroatoms. The summed E-state index contributed by atoms with van der Waals surface area (Å²) in [6.07, 6.45) is 1.28. The minimum atomic E-state index is -0.613. The van der Waals surface area contributed by atoms with Crippen molar-refractivity contribution in [3.05, 3.63) is 45.3 Å². The first-order valence-corrected chi connectivity index (χ1v) is 8.97. The predicted molar refractivity (Wildman–Crippen MR) is 105 cm³/mol.